The number of nitrogens with one attached hydrogen (secondary N) is 1. The first-order valence-corrected chi connectivity index (χ1v) is 7.82. The van der Waals surface area contributed by atoms with E-state index in [4.69, 9.17) is 5.11 Å². The van der Waals surface area contributed by atoms with Gasteiger partial charge in [-0.15, -0.1) is 0 Å². The number of amides is 2. The molecule has 1 aliphatic rings. The number of aliphatic carboxylic acids is 1. The fourth-order valence-corrected chi connectivity index (χ4v) is 2.95. The Kier molecular flexibility index (Phi) is 6.48. The zero-order valence-electron chi connectivity index (χ0n) is 11.9. The van der Waals surface area contributed by atoms with Crippen molar-refractivity contribution in [3.05, 3.63) is 0 Å². The van der Waals surface area contributed by atoms with Gasteiger partial charge in [0.25, 0.3) is 0 Å². The summed E-state index contributed by atoms with van der Waals surface area (Å²) < 4.78 is 0. The fourth-order valence-electron chi connectivity index (χ4n) is 2.26. The highest BCUT2D eigenvalue weighted by Gasteiger charge is 2.31. The second-order valence-corrected chi connectivity index (χ2v) is 7.12. The van der Waals surface area contributed by atoms with E-state index in [1.54, 1.807) is 16.7 Å². The first-order valence-electron chi connectivity index (χ1n) is 6.77. The third kappa shape index (κ3) is 5.72. The Morgan fingerprint density at radius 1 is 1.42 bits per heavy atom. The maximum atomic E-state index is 12.0. The number of hydrogen-bond donors (Lipinski definition) is 2. The van der Waals surface area contributed by atoms with Crippen LogP contribution in [0.25, 0.3) is 0 Å². The van der Waals surface area contributed by atoms with Gasteiger partial charge in [0.15, 0.2) is 0 Å². The van der Waals surface area contributed by atoms with Crippen molar-refractivity contribution in [2.45, 2.75) is 32.4 Å². The topological polar surface area (TPSA) is 69.6 Å². The van der Waals surface area contributed by atoms with Gasteiger partial charge in [0, 0.05) is 25.4 Å². The standard InChI is InChI=1S/C13H24N2O3S/c1-9(2)19-5-4-14-13(18)15-7-10(3)6-11(8-15)12(16)17/h9-11H,4-8H2,1-3H3,(H,14,18)(H,16,17). The highest BCUT2D eigenvalue weighted by atomic mass is 32.2. The van der Waals surface area contributed by atoms with Gasteiger partial charge in [-0.1, -0.05) is 20.8 Å². The number of nitrogens with zero attached hydrogens (tertiary/aromatic N) is 1. The third-order valence-electron chi connectivity index (χ3n) is 3.13. The number of hydrogen-bond acceptors (Lipinski definition) is 3. The summed E-state index contributed by atoms with van der Waals surface area (Å²) in [5, 5.41) is 12.5. The summed E-state index contributed by atoms with van der Waals surface area (Å²) in [5.41, 5.74) is 0. The molecule has 1 fully saturated rings. The number of piperidine rings is 1. The van der Waals surface area contributed by atoms with Gasteiger partial charge >= 0.3 is 12.0 Å². The van der Waals surface area contributed by atoms with E-state index >= 15 is 0 Å². The van der Waals surface area contributed by atoms with Crippen molar-refractivity contribution >= 4 is 23.8 Å². The highest BCUT2D eigenvalue weighted by Crippen LogP contribution is 2.21. The van der Waals surface area contributed by atoms with Crippen LogP contribution in [0, 0.1) is 11.8 Å². The molecule has 0 saturated carbocycles. The van der Waals surface area contributed by atoms with Crippen molar-refractivity contribution < 1.29 is 14.7 Å². The Morgan fingerprint density at radius 2 is 2.11 bits per heavy atom. The van der Waals surface area contributed by atoms with Crippen LogP contribution in [-0.2, 0) is 4.79 Å². The number of rotatable bonds is 5. The van der Waals surface area contributed by atoms with Crippen LogP contribution in [0.4, 0.5) is 4.79 Å². The average molecular weight is 288 g/mol. The van der Waals surface area contributed by atoms with Crippen LogP contribution in [-0.4, -0.2) is 52.6 Å². The van der Waals surface area contributed by atoms with E-state index in [-0.39, 0.29) is 11.9 Å². The molecule has 0 radical (unpaired) electrons. The molecule has 2 amide bonds. The molecular formula is C13H24N2O3S. The number of urea groups is 1. The summed E-state index contributed by atoms with van der Waals surface area (Å²) in [6, 6.07) is -0.137. The lowest BCUT2D eigenvalue weighted by Gasteiger charge is -2.34. The minimum Gasteiger partial charge on any atom is -0.481 e. The summed E-state index contributed by atoms with van der Waals surface area (Å²) in [6.45, 7) is 7.83. The Morgan fingerprint density at radius 3 is 2.68 bits per heavy atom. The van der Waals surface area contributed by atoms with Crippen molar-refractivity contribution in [1.82, 2.24) is 10.2 Å². The Bertz CT molecular complexity index is 323. The van der Waals surface area contributed by atoms with Gasteiger partial charge in [0.2, 0.25) is 0 Å². The van der Waals surface area contributed by atoms with Crippen molar-refractivity contribution in [3.63, 3.8) is 0 Å². The molecule has 0 aromatic heterocycles. The van der Waals surface area contributed by atoms with E-state index in [2.05, 4.69) is 19.2 Å². The number of likely N-dealkylation sites (tertiary alicyclic amines) is 1. The van der Waals surface area contributed by atoms with E-state index in [0.29, 0.717) is 31.3 Å². The number of carbonyl (C=O) groups is 2. The lowest BCUT2D eigenvalue weighted by Crippen LogP contribution is -2.49. The van der Waals surface area contributed by atoms with E-state index in [9.17, 15) is 9.59 Å². The predicted octanol–water partition coefficient (Wildman–Crippen LogP) is 1.88. The molecule has 0 aromatic carbocycles. The smallest absolute Gasteiger partial charge is 0.317 e. The van der Waals surface area contributed by atoms with Crippen molar-refractivity contribution in [2.24, 2.45) is 11.8 Å². The summed E-state index contributed by atoms with van der Waals surface area (Å²) in [6.07, 6.45) is 0.655. The number of carboxylic acids is 1. The monoisotopic (exact) mass is 288 g/mol. The molecule has 1 rings (SSSR count). The second-order valence-electron chi connectivity index (χ2n) is 5.43. The number of carboxylic acid groups (broad SMARTS) is 1. The Balaban J connectivity index is 2.36. The Hall–Kier alpha value is -0.910. The van der Waals surface area contributed by atoms with E-state index < -0.39 is 11.9 Å². The lowest BCUT2D eigenvalue weighted by atomic mass is 9.91. The predicted molar refractivity (Wildman–Crippen MR) is 77.5 cm³/mol. The van der Waals surface area contributed by atoms with Gasteiger partial charge in [0.1, 0.15) is 0 Å². The molecule has 2 unspecified atom stereocenters. The van der Waals surface area contributed by atoms with E-state index in [0.717, 1.165) is 5.75 Å². The second kappa shape index (κ2) is 7.62. The first-order chi connectivity index (χ1) is 8.90. The van der Waals surface area contributed by atoms with Crippen LogP contribution in [0.15, 0.2) is 0 Å². The van der Waals surface area contributed by atoms with Gasteiger partial charge < -0.3 is 15.3 Å². The van der Waals surface area contributed by atoms with E-state index in [1.807, 2.05) is 6.92 Å². The summed E-state index contributed by atoms with van der Waals surface area (Å²) in [4.78, 5) is 24.6. The molecule has 0 aromatic rings. The molecule has 2 N–H and O–H groups in total. The van der Waals surface area contributed by atoms with Gasteiger partial charge in [0.05, 0.1) is 5.92 Å². The normalized spacial score (nSPS) is 23.5. The van der Waals surface area contributed by atoms with Gasteiger partial charge in [-0.3, -0.25) is 4.79 Å². The average Bonchev–Trinajstić information content (AvgIpc) is 2.33. The SMILES string of the molecule is CC1CC(C(=O)O)CN(C(=O)NCCSC(C)C)C1. The zero-order valence-corrected chi connectivity index (χ0v) is 12.7. The molecule has 2 atom stereocenters. The lowest BCUT2D eigenvalue weighted by molar-refractivity contribution is -0.143. The summed E-state index contributed by atoms with van der Waals surface area (Å²) in [7, 11) is 0. The number of carbonyl (C=O) groups excluding carboxylic acids is 1. The maximum Gasteiger partial charge on any atom is 0.317 e. The molecule has 0 aliphatic carbocycles. The molecule has 19 heavy (non-hydrogen) atoms. The Labute approximate surface area is 119 Å². The largest absolute Gasteiger partial charge is 0.481 e. The van der Waals surface area contributed by atoms with E-state index in [1.165, 1.54) is 0 Å². The molecule has 0 spiro atoms. The van der Waals surface area contributed by atoms with Crippen LogP contribution < -0.4 is 5.32 Å². The van der Waals surface area contributed by atoms with Crippen LogP contribution in [0.2, 0.25) is 0 Å². The van der Waals surface area contributed by atoms with Gasteiger partial charge in [-0.05, 0) is 17.6 Å². The summed E-state index contributed by atoms with van der Waals surface area (Å²) >= 11 is 1.80. The maximum absolute atomic E-state index is 12.0. The molecule has 110 valence electrons. The molecule has 5 nitrogen and oxygen atoms in total. The van der Waals surface area contributed by atoms with Crippen LogP contribution in [0.3, 0.4) is 0 Å². The number of thioether (sulfide) groups is 1. The van der Waals surface area contributed by atoms with Gasteiger partial charge in [-0.2, -0.15) is 11.8 Å². The molecule has 1 saturated heterocycles. The zero-order chi connectivity index (χ0) is 14.4. The molecular weight excluding hydrogens is 264 g/mol. The first kappa shape index (κ1) is 16.1. The molecule has 0 bridgehead atoms. The minimum absolute atomic E-state index is 0.137. The molecule has 1 aliphatic heterocycles. The van der Waals surface area contributed by atoms with Crippen molar-refractivity contribution in [3.8, 4) is 0 Å². The summed E-state index contributed by atoms with van der Waals surface area (Å²) in [5.74, 6) is -0.111. The quantitative estimate of drug-likeness (QED) is 0.758. The third-order valence-corrected chi connectivity index (χ3v) is 4.23. The van der Waals surface area contributed by atoms with Gasteiger partial charge in [-0.25, -0.2) is 4.79 Å². The van der Waals surface area contributed by atoms with Crippen LogP contribution >= 0.6 is 11.8 Å². The van der Waals surface area contributed by atoms with Crippen LogP contribution in [0.1, 0.15) is 27.2 Å². The molecule has 6 heteroatoms. The van der Waals surface area contributed by atoms with Crippen molar-refractivity contribution in [2.75, 3.05) is 25.4 Å². The van der Waals surface area contributed by atoms with Crippen LogP contribution in [0.5, 0.6) is 0 Å². The highest BCUT2D eigenvalue weighted by molar-refractivity contribution is 7.99. The fraction of sp³-hybridized carbons (Fsp3) is 0.846. The molecule has 1 heterocycles. The van der Waals surface area contributed by atoms with Crippen molar-refractivity contribution in [1.29, 1.82) is 0 Å². The minimum atomic E-state index is -0.806.